The standard InChI is InChI=1S/C26H18Cl2N4O5S/c1-35-20-4-2-3-16(11-20)25-30-31-26(37-25)23-13-19(32-38(33,34)22-8-5-17(27)6-9-22)7-10-24(23)36-21-12-18(28)14-29-15-21/h2-15,32H,1H3. The number of sulfonamides is 1. The van der Waals surface area contributed by atoms with E-state index in [9.17, 15) is 8.42 Å². The number of halogens is 2. The Morgan fingerprint density at radius 1 is 0.842 bits per heavy atom. The van der Waals surface area contributed by atoms with Crippen LogP contribution in [-0.4, -0.2) is 30.7 Å². The van der Waals surface area contributed by atoms with E-state index < -0.39 is 10.0 Å². The molecule has 0 fully saturated rings. The van der Waals surface area contributed by atoms with Gasteiger partial charge in [-0.3, -0.25) is 9.71 Å². The van der Waals surface area contributed by atoms with Crippen LogP contribution in [0.3, 0.4) is 0 Å². The van der Waals surface area contributed by atoms with Crippen molar-refractivity contribution >= 4 is 38.9 Å². The molecular formula is C26H18Cl2N4O5S. The summed E-state index contributed by atoms with van der Waals surface area (Å²) in [4.78, 5) is 4.08. The number of hydrogen-bond donors (Lipinski definition) is 1. The molecule has 0 atom stereocenters. The number of benzene rings is 3. The van der Waals surface area contributed by atoms with Gasteiger partial charge in [-0.25, -0.2) is 8.42 Å². The van der Waals surface area contributed by atoms with Crippen LogP contribution in [-0.2, 0) is 10.0 Å². The first kappa shape index (κ1) is 25.5. The van der Waals surface area contributed by atoms with Crippen LogP contribution in [0, 0.1) is 0 Å². The summed E-state index contributed by atoms with van der Waals surface area (Å²) in [6, 6.07) is 19.2. The van der Waals surface area contributed by atoms with Crippen LogP contribution in [0.5, 0.6) is 17.2 Å². The highest BCUT2D eigenvalue weighted by Gasteiger charge is 2.20. The minimum absolute atomic E-state index is 0.0480. The summed E-state index contributed by atoms with van der Waals surface area (Å²) in [6.45, 7) is 0. The molecule has 0 aliphatic carbocycles. The smallest absolute Gasteiger partial charge is 0.261 e. The molecule has 2 aromatic heterocycles. The number of nitrogens with zero attached hydrogens (tertiary/aromatic N) is 3. The summed E-state index contributed by atoms with van der Waals surface area (Å²) in [5.41, 5.74) is 1.22. The molecule has 0 aliphatic heterocycles. The van der Waals surface area contributed by atoms with Gasteiger partial charge in [0.25, 0.3) is 15.9 Å². The number of rotatable bonds is 8. The molecule has 192 valence electrons. The molecule has 0 aliphatic rings. The third-order valence-corrected chi connectivity index (χ3v) is 7.09. The van der Waals surface area contributed by atoms with E-state index in [1.54, 1.807) is 49.6 Å². The third-order valence-electron chi connectivity index (χ3n) is 5.24. The second-order valence-electron chi connectivity index (χ2n) is 7.86. The molecule has 9 nitrogen and oxygen atoms in total. The predicted molar refractivity (Wildman–Crippen MR) is 143 cm³/mol. The second kappa shape index (κ2) is 10.7. The Balaban J connectivity index is 1.54. The number of aromatic nitrogens is 3. The zero-order valence-corrected chi connectivity index (χ0v) is 22.0. The molecule has 0 unspecified atom stereocenters. The molecule has 2 heterocycles. The Bertz CT molecular complexity index is 1710. The molecule has 0 amide bonds. The Kier molecular flexibility index (Phi) is 7.19. The largest absolute Gasteiger partial charge is 0.497 e. The maximum Gasteiger partial charge on any atom is 0.261 e. The van der Waals surface area contributed by atoms with Gasteiger partial charge in [-0.05, 0) is 60.7 Å². The fourth-order valence-electron chi connectivity index (χ4n) is 3.46. The highest BCUT2D eigenvalue weighted by Crippen LogP contribution is 2.37. The summed E-state index contributed by atoms with van der Waals surface area (Å²) in [5.74, 6) is 1.63. The molecule has 0 saturated heterocycles. The normalized spacial score (nSPS) is 11.2. The van der Waals surface area contributed by atoms with Crippen molar-refractivity contribution in [3.63, 3.8) is 0 Å². The third kappa shape index (κ3) is 5.72. The van der Waals surface area contributed by atoms with Gasteiger partial charge in [-0.2, -0.15) is 0 Å². The van der Waals surface area contributed by atoms with Gasteiger partial charge in [0.2, 0.25) is 5.89 Å². The summed E-state index contributed by atoms with van der Waals surface area (Å²) in [7, 11) is -2.35. The zero-order valence-electron chi connectivity index (χ0n) is 19.6. The van der Waals surface area contributed by atoms with Gasteiger partial charge in [0, 0.05) is 28.5 Å². The van der Waals surface area contributed by atoms with Crippen molar-refractivity contribution in [1.29, 1.82) is 0 Å². The van der Waals surface area contributed by atoms with Crippen molar-refractivity contribution < 1.29 is 22.3 Å². The predicted octanol–water partition coefficient (Wildman–Crippen LogP) is 6.71. The van der Waals surface area contributed by atoms with Crippen LogP contribution >= 0.6 is 23.2 Å². The van der Waals surface area contributed by atoms with Gasteiger partial charge in [-0.15, -0.1) is 10.2 Å². The highest BCUT2D eigenvalue weighted by atomic mass is 35.5. The topological polar surface area (TPSA) is 116 Å². The molecular weight excluding hydrogens is 551 g/mol. The first-order chi connectivity index (χ1) is 18.3. The quantitative estimate of drug-likeness (QED) is 0.219. The number of nitrogens with one attached hydrogen (secondary N) is 1. The van der Waals surface area contributed by atoms with Crippen LogP contribution in [0.15, 0.2) is 94.5 Å². The molecule has 0 radical (unpaired) electrons. The van der Waals surface area contributed by atoms with E-state index >= 15 is 0 Å². The van der Waals surface area contributed by atoms with Crippen LogP contribution in [0.4, 0.5) is 5.69 Å². The molecule has 0 spiro atoms. The fraction of sp³-hybridized carbons (Fsp3) is 0.0385. The molecule has 0 saturated carbocycles. The van der Waals surface area contributed by atoms with E-state index in [0.29, 0.717) is 38.4 Å². The summed E-state index contributed by atoms with van der Waals surface area (Å²) in [6.07, 6.45) is 2.96. The lowest BCUT2D eigenvalue weighted by Crippen LogP contribution is -2.12. The van der Waals surface area contributed by atoms with Gasteiger partial charge >= 0.3 is 0 Å². The van der Waals surface area contributed by atoms with E-state index in [4.69, 9.17) is 37.1 Å². The van der Waals surface area contributed by atoms with Crippen molar-refractivity contribution in [1.82, 2.24) is 15.2 Å². The molecule has 5 rings (SSSR count). The molecule has 38 heavy (non-hydrogen) atoms. The van der Waals surface area contributed by atoms with Gasteiger partial charge in [0.1, 0.15) is 17.2 Å². The lowest BCUT2D eigenvalue weighted by molar-refractivity contribution is 0.415. The number of anilines is 1. The minimum atomic E-state index is -3.91. The van der Waals surface area contributed by atoms with Gasteiger partial charge in [-0.1, -0.05) is 29.3 Å². The average molecular weight is 569 g/mol. The van der Waals surface area contributed by atoms with Crippen LogP contribution in [0.1, 0.15) is 0 Å². The molecule has 3 aromatic carbocycles. The molecule has 12 heteroatoms. The van der Waals surface area contributed by atoms with Crippen LogP contribution in [0.25, 0.3) is 22.9 Å². The minimum Gasteiger partial charge on any atom is -0.497 e. The summed E-state index contributed by atoms with van der Waals surface area (Å²) in [5, 5.41) is 9.13. The number of hydrogen-bond acceptors (Lipinski definition) is 8. The van der Waals surface area contributed by atoms with E-state index in [-0.39, 0.29) is 22.4 Å². The fourth-order valence-corrected chi connectivity index (χ4v) is 4.80. The lowest BCUT2D eigenvalue weighted by atomic mass is 10.1. The number of ether oxygens (including phenoxy) is 2. The second-order valence-corrected chi connectivity index (χ2v) is 10.4. The molecule has 1 N–H and O–H groups in total. The molecule has 5 aromatic rings. The monoisotopic (exact) mass is 568 g/mol. The SMILES string of the molecule is COc1cccc(-c2nnc(-c3cc(NS(=O)(=O)c4ccc(Cl)cc4)ccc3Oc3cncc(Cl)c3)o2)c1. The Hall–Kier alpha value is -4.12. The van der Waals surface area contributed by atoms with Gasteiger partial charge < -0.3 is 13.9 Å². The highest BCUT2D eigenvalue weighted by molar-refractivity contribution is 7.92. The molecule has 0 bridgehead atoms. The lowest BCUT2D eigenvalue weighted by Gasteiger charge is -2.13. The van der Waals surface area contributed by atoms with Crippen LogP contribution in [0.2, 0.25) is 10.0 Å². The first-order valence-electron chi connectivity index (χ1n) is 11.0. The Morgan fingerprint density at radius 3 is 2.39 bits per heavy atom. The number of pyridine rings is 1. The van der Waals surface area contributed by atoms with Crippen molar-refractivity contribution in [2.24, 2.45) is 0 Å². The van der Waals surface area contributed by atoms with E-state index in [0.717, 1.165) is 0 Å². The maximum absolute atomic E-state index is 13.0. The van der Waals surface area contributed by atoms with E-state index in [1.165, 1.54) is 42.7 Å². The first-order valence-corrected chi connectivity index (χ1v) is 13.2. The van der Waals surface area contributed by atoms with Gasteiger partial charge in [0.15, 0.2) is 0 Å². The maximum atomic E-state index is 13.0. The van der Waals surface area contributed by atoms with Gasteiger partial charge in [0.05, 0.1) is 28.8 Å². The van der Waals surface area contributed by atoms with Crippen molar-refractivity contribution in [2.45, 2.75) is 4.90 Å². The van der Waals surface area contributed by atoms with Crippen LogP contribution < -0.4 is 14.2 Å². The zero-order chi connectivity index (χ0) is 26.7. The Morgan fingerprint density at radius 2 is 1.63 bits per heavy atom. The average Bonchev–Trinajstić information content (AvgIpc) is 3.40. The van der Waals surface area contributed by atoms with E-state index in [2.05, 4.69) is 19.9 Å². The van der Waals surface area contributed by atoms with Crippen molar-refractivity contribution in [3.05, 3.63) is 95.2 Å². The summed E-state index contributed by atoms with van der Waals surface area (Å²) < 4.78 is 45.7. The summed E-state index contributed by atoms with van der Waals surface area (Å²) >= 11 is 11.9. The van der Waals surface area contributed by atoms with Crippen molar-refractivity contribution in [2.75, 3.05) is 11.8 Å². The van der Waals surface area contributed by atoms with E-state index in [1.807, 2.05) is 0 Å². The Labute approximate surface area is 228 Å². The number of methoxy groups -OCH3 is 1. The van der Waals surface area contributed by atoms with Crippen molar-refractivity contribution in [3.8, 4) is 40.2 Å².